The molecule has 8 heteroatoms. The fourth-order valence-corrected chi connectivity index (χ4v) is 2.01. The first-order valence-corrected chi connectivity index (χ1v) is 7.10. The van der Waals surface area contributed by atoms with Gasteiger partial charge in [0.2, 0.25) is 0 Å². The number of carbonyl (C=O) groups excluding carboxylic acids is 2. The van der Waals surface area contributed by atoms with E-state index >= 15 is 0 Å². The van der Waals surface area contributed by atoms with Crippen LogP contribution in [0.3, 0.4) is 0 Å². The minimum absolute atomic E-state index is 0.285. The first kappa shape index (κ1) is 16.9. The van der Waals surface area contributed by atoms with Crippen molar-refractivity contribution in [2.75, 3.05) is 7.11 Å². The van der Waals surface area contributed by atoms with E-state index in [2.05, 4.69) is 14.8 Å². The van der Waals surface area contributed by atoms with Gasteiger partial charge in [-0.05, 0) is 38.8 Å². The van der Waals surface area contributed by atoms with Gasteiger partial charge in [0.15, 0.2) is 5.65 Å². The lowest BCUT2D eigenvalue weighted by Gasteiger charge is -2.18. The van der Waals surface area contributed by atoms with Gasteiger partial charge in [-0.25, -0.2) is 9.78 Å². The number of aromatic nitrogens is 3. The highest BCUT2D eigenvalue weighted by Crippen LogP contribution is 2.16. The van der Waals surface area contributed by atoms with Gasteiger partial charge < -0.3 is 15.2 Å². The summed E-state index contributed by atoms with van der Waals surface area (Å²) >= 11 is 0. The lowest BCUT2D eigenvalue weighted by molar-refractivity contribution is -0.142. The van der Waals surface area contributed by atoms with Crippen LogP contribution < -0.4 is 5.73 Å². The minimum Gasteiger partial charge on any atom is -0.468 e. The molecule has 1 atom stereocenters. The number of ether oxygens (including phenoxy) is 2. The fraction of sp³-hybridized carbons (Fsp3) is 0.467. The Morgan fingerprint density at radius 1 is 1.35 bits per heavy atom. The number of fused-ring (bicyclic) bond motifs is 1. The number of hydrogen-bond donors (Lipinski definition) is 1. The largest absolute Gasteiger partial charge is 0.468 e. The summed E-state index contributed by atoms with van der Waals surface area (Å²) in [6, 6.07) is 1.01. The summed E-state index contributed by atoms with van der Waals surface area (Å²) in [5.41, 5.74) is 6.24. The lowest BCUT2D eigenvalue weighted by atomic mass is 10.1. The van der Waals surface area contributed by atoms with Crippen LogP contribution in [0.2, 0.25) is 0 Å². The van der Waals surface area contributed by atoms with Crippen molar-refractivity contribution in [3.8, 4) is 0 Å². The summed E-state index contributed by atoms with van der Waals surface area (Å²) in [6.45, 7) is 5.32. The molecule has 2 heterocycles. The molecule has 0 aliphatic heterocycles. The summed E-state index contributed by atoms with van der Waals surface area (Å²) in [5.74, 6) is -0.491. The highest BCUT2D eigenvalue weighted by Gasteiger charge is 2.21. The molecule has 0 unspecified atom stereocenters. The Bertz CT molecular complexity index is 733. The number of pyridine rings is 1. The van der Waals surface area contributed by atoms with E-state index in [0.29, 0.717) is 11.0 Å². The van der Waals surface area contributed by atoms with Crippen LogP contribution in [0.5, 0.6) is 0 Å². The average Bonchev–Trinajstić information content (AvgIpc) is 2.87. The van der Waals surface area contributed by atoms with Gasteiger partial charge in [0.05, 0.1) is 13.3 Å². The van der Waals surface area contributed by atoms with Crippen LogP contribution >= 0.6 is 0 Å². The predicted octanol–water partition coefficient (Wildman–Crippen LogP) is 1.26. The maximum Gasteiger partial charge on any atom is 0.437 e. The van der Waals surface area contributed by atoms with Gasteiger partial charge in [0, 0.05) is 11.6 Å². The SMILES string of the molecule is COC(=O)[C@@H](N)Cc1cnc2c(cnn2C(=O)OC(C)(C)C)c1. The average molecular weight is 320 g/mol. The highest BCUT2D eigenvalue weighted by molar-refractivity contribution is 5.85. The van der Waals surface area contributed by atoms with Crippen molar-refractivity contribution in [3.05, 3.63) is 24.0 Å². The van der Waals surface area contributed by atoms with Gasteiger partial charge in [-0.15, -0.1) is 4.68 Å². The maximum absolute atomic E-state index is 12.1. The second kappa shape index (κ2) is 6.33. The summed E-state index contributed by atoms with van der Waals surface area (Å²) in [6.07, 6.45) is 2.75. The number of rotatable bonds is 3. The van der Waals surface area contributed by atoms with Crippen LogP contribution in [0.15, 0.2) is 18.5 Å². The third kappa shape index (κ3) is 4.04. The van der Waals surface area contributed by atoms with E-state index in [-0.39, 0.29) is 6.42 Å². The number of esters is 1. The van der Waals surface area contributed by atoms with E-state index in [1.165, 1.54) is 13.3 Å². The van der Waals surface area contributed by atoms with Gasteiger partial charge >= 0.3 is 12.1 Å². The molecule has 0 saturated carbocycles. The molecule has 0 aliphatic rings. The molecule has 2 aromatic heterocycles. The number of carbonyl (C=O) groups is 2. The summed E-state index contributed by atoms with van der Waals surface area (Å²) in [5, 5.41) is 4.67. The Balaban J connectivity index is 2.23. The van der Waals surface area contributed by atoms with Gasteiger partial charge in [0.25, 0.3) is 0 Å². The molecule has 2 aromatic rings. The van der Waals surface area contributed by atoms with Crippen molar-refractivity contribution in [2.45, 2.75) is 38.8 Å². The Kier molecular flexibility index (Phi) is 4.65. The Labute approximate surface area is 133 Å². The molecule has 0 radical (unpaired) electrons. The van der Waals surface area contributed by atoms with Crippen LogP contribution in [0.4, 0.5) is 4.79 Å². The van der Waals surface area contributed by atoms with Crippen LogP contribution in [0.1, 0.15) is 26.3 Å². The van der Waals surface area contributed by atoms with E-state index in [9.17, 15) is 9.59 Å². The van der Waals surface area contributed by atoms with Gasteiger partial charge in [-0.3, -0.25) is 4.79 Å². The van der Waals surface area contributed by atoms with E-state index in [1.54, 1.807) is 33.0 Å². The van der Waals surface area contributed by atoms with Gasteiger partial charge in [-0.2, -0.15) is 5.10 Å². The number of hydrogen-bond acceptors (Lipinski definition) is 7. The predicted molar refractivity (Wildman–Crippen MR) is 82.9 cm³/mol. The van der Waals surface area contributed by atoms with Crippen molar-refractivity contribution < 1.29 is 19.1 Å². The standard InChI is InChI=1S/C15H20N4O4/c1-15(2,3)23-14(21)19-12-10(8-18-19)5-9(7-17-12)6-11(16)13(20)22-4/h5,7-8,11H,6,16H2,1-4H3/t11-/m0/s1. The van der Waals surface area contributed by atoms with Crippen molar-refractivity contribution in [2.24, 2.45) is 5.73 Å². The highest BCUT2D eigenvalue weighted by atomic mass is 16.6. The molecule has 2 rings (SSSR count). The van der Waals surface area contributed by atoms with Crippen molar-refractivity contribution >= 4 is 23.1 Å². The van der Waals surface area contributed by atoms with Gasteiger partial charge in [-0.1, -0.05) is 0 Å². The minimum atomic E-state index is -0.764. The second-order valence-electron chi connectivity index (χ2n) is 6.13. The molecule has 124 valence electrons. The second-order valence-corrected chi connectivity index (χ2v) is 6.13. The topological polar surface area (TPSA) is 109 Å². The molecular formula is C15H20N4O4. The fourth-order valence-electron chi connectivity index (χ4n) is 2.01. The van der Waals surface area contributed by atoms with Crippen molar-refractivity contribution in [1.82, 2.24) is 14.8 Å². The Morgan fingerprint density at radius 2 is 2.04 bits per heavy atom. The quantitative estimate of drug-likeness (QED) is 0.848. The van der Waals surface area contributed by atoms with E-state index < -0.39 is 23.7 Å². The van der Waals surface area contributed by atoms with Crippen LogP contribution in [-0.4, -0.2) is 45.6 Å². The molecule has 0 saturated heterocycles. The maximum atomic E-state index is 12.1. The van der Waals surface area contributed by atoms with Crippen LogP contribution in [-0.2, 0) is 20.7 Å². The molecule has 0 fully saturated rings. The lowest BCUT2D eigenvalue weighted by Crippen LogP contribution is -2.33. The third-order valence-electron chi connectivity index (χ3n) is 2.99. The van der Waals surface area contributed by atoms with E-state index in [0.717, 1.165) is 10.2 Å². The normalized spacial score (nSPS) is 12.9. The van der Waals surface area contributed by atoms with E-state index in [1.807, 2.05) is 0 Å². The molecule has 0 bridgehead atoms. The van der Waals surface area contributed by atoms with Crippen LogP contribution in [0.25, 0.3) is 11.0 Å². The molecule has 0 spiro atoms. The monoisotopic (exact) mass is 320 g/mol. The Hall–Kier alpha value is -2.48. The molecule has 8 nitrogen and oxygen atoms in total. The van der Waals surface area contributed by atoms with E-state index in [4.69, 9.17) is 10.5 Å². The first-order chi connectivity index (χ1) is 10.7. The van der Waals surface area contributed by atoms with Crippen molar-refractivity contribution in [1.29, 1.82) is 0 Å². The molecule has 23 heavy (non-hydrogen) atoms. The molecular weight excluding hydrogens is 300 g/mol. The molecule has 0 aromatic carbocycles. The van der Waals surface area contributed by atoms with Crippen LogP contribution in [0, 0.1) is 0 Å². The van der Waals surface area contributed by atoms with Gasteiger partial charge in [0.1, 0.15) is 11.6 Å². The zero-order valence-corrected chi connectivity index (χ0v) is 13.6. The smallest absolute Gasteiger partial charge is 0.437 e. The number of nitrogens with two attached hydrogens (primary N) is 1. The number of nitrogens with zero attached hydrogens (tertiary/aromatic N) is 3. The first-order valence-electron chi connectivity index (χ1n) is 7.10. The molecule has 2 N–H and O–H groups in total. The zero-order chi connectivity index (χ0) is 17.2. The van der Waals surface area contributed by atoms with Crippen molar-refractivity contribution in [3.63, 3.8) is 0 Å². The molecule has 0 amide bonds. The summed E-state index contributed by atoms with van der Waals surface area (Å²) in [7, 11) is 1.29. The zero-order valence-electron chi connectivity index (χ0n) is 13.6. The molecule has 0 aliphatic carbocycles. The summed E-state index contributed by atoms with van der Waals surface area (Å²) in [4.78, 5) is 27.7. The summed E-state index contributed by atoms with van der Waals surface area (Å²) < 4.78 is 11.0. The number of methoxy groups -OCH3 is 1. The Morgan fingerprint density at radius 3 is 2.65 bits per heavy atom. The third-order valence-corrected chi connectivity index (χ3v) is 2.99.